The van der Waals surface area contributed by atoms with E-state index in [1.165, 1.54) is 19.3 Å². The van der Waals surface area contributed by atoms with E-state index in [0.29, 0.717) is 6.04 Å². The lowest BCUT2D eigenvalue weighted by Crippen LogP contribution is -2.52. The average molecular weight is 210 g/mol. The Morgan fingerprint density at radius 1 is 1.60 bits per heavy atom. The van der Waals surface area contributed by atoms with E-state index in [-0.39, 0.29) is 0 Å². The minimum absolute atomic E-state index is 0.494. The van der Waals surface area contributed by atoms with E-state index in [1.807, 2.05) is 0 Å². The molecule has 2 unspecified atom stereocenters. The normalized spacial score (nSPS) is 31.3. The van der Waals surface area contributed by atoms with E-state index < -0.39 is 0 Å². The third-order valence-electron chi connectivity index (χ3n) is 3.60. The summed E-state index contributed by atoms with van der Waals surface area (Å²) in [7, 11) is 0. The van der Waals surface area contributed by atoms with Crippen LogP contribution in [-0.2, 0) is 0 Å². The molecule has 0 radical (unpaired) electrons. The standard InChI is InChI=1S/C11H22N4/c1-2-9-3-6-15(10(7-9)8-12)11-13-4-5-14-11/h9-10H,2-8,12H2,1H3,(H,13,14). The topological polar surface area (TPSA) is 53.6 Å². The van der Waals surface area contributed by atoms with Crippen molar-refractivity contribution in [2.45, 2.75) is 32.2 Å². The first-order valence-corrected chi connectivity index (χ1v) is 6.10. The molecular weight excluding hydrogens is 188 g/mol. The zero-order valence-corrected chi connectivity index (χ0v) is 9.58. The number of aliphatic imine (C=N–C) groups is 1. The third kappa shape index (κ3) is 2.25. The van der Waals surface area contributed by atoms with Gasteiger partial charge in [-0.05, 0) is 18.8 Å². The van der Waals surface area contributed by atoms with Gasteiger partial charge in [0.15, 0.2) is 5.96 Å². The van der Waals surface area contributed by atoms with Crippen molar-refractivity contribution in [3.8, 4) is 0 Å². The lowest BCUT2D eigenvalue weighted by atomic mass is 9.89. The monoisotopic (exact) mass is 210 g/mol. The van der Waals surface area contributed by atoms with E-state index in [1.54, 1.807) is 0 Å². The van der Waals surface area contributed by atoms with Gasteiger partial charge in [0, 0.05) is 25.7 Å². The fourth-order valence-electron chi connectivity index (χ4n) is 2.58. The summed E-state index contributed by atoms with van der Waals surface area (Å²) in [5.74, 6) is 1.94. The molecule has 3 N–H and O–H groups in total. The summed E-state index contributed by atoms with van der Waals surface area (Å²) in [4.78, 5) is 6.86. The van der Waals surface area contributed by atoms with Crippen LogP contribution in [0.1, 0.15) is 26.2 Å². The molecule has 15 heavy (non-hydrogen) atoms. The number of hydrogen-bond acceptors (Lipinski definition) is 4. The van der Waals surface area contributed by atoms with Crippen LogP contribution in [0.5, 0.6) is 0 Å². The van der Waals surface area contributed by atoms with Gasteiger partial charge in [-0.2, -0.15) is 0 Å². The second kappa shape index (κ2) is 4.84. The van der Waals surface area contributed by atoms with Gasteiger partial charge in [-0.3, -0.25) is 4.99 Å². The molecule has 2 aliphatic heterocycles. The Bertz CT molecular complexity index is 239. The molecule has 0 aliphatic carbocycles. The third-order valence-corrected chi connectivity index (χ3v) is 3.60. The fraction of sp³-hybridized carbons (Fsp3) is 0.909. The molecule has 0 bridgehead atoms. The molecule has 2 atom stereocenters. The molecule has 0 amide bonds. The van der Waals surface area contributed by atoms with E-state index in [4.69, 9.17) is 5.73 Å². The molecule has 86 valence electrons. The molecule has 2 rings (SSSR count). The minimum atomic E-state index is 0.494. The average Bonchev–Trinajstić information content (AvgIpc) is 2.81. The quantitative estimate of drug-likeness (QED) is 0.693. The highest BCUT2D eigenvalue weighted by atomic mass is 15.3. The van der Waals surface area contributed by atoms with E-state index in [2.05, 4.69) is 22.1 Å². The first-order chi connectivity index (χ1) is 7.35. The second-order valence-electron chi connectivity index (χ2n) is 4.51. The highest BCUT2D eigenvalue weighted by Gasteiger charge is 2.29. The predicted molar refractivity (Wildman–Crippen MR) is 62.9 cm³/mol. The van der Waals surface area contributed by atoms with Crippen molar-refractivity contribution in [2.24, 2.45) is 16.6 Å². The zero-order chi connectivity index (χ0) is 10.7. The van der Waals surface area contributed by atoms with E-state index in [9.17, 15) is 0 Å². The SMILES string of the molecule is CCC1CCN(C2=NCCN2)C(CN)C1. The van der Waals surface area contributed by atoms with Crippen LogP contribution < -0.4 is 11.1 Å². The number of piperidine rings is 1. The van der Waals surface area contributed by atoms with E-state index in [0.717, 1.165) is 38.1 Å². The second-order valence-corrected chi connectivity index (χ2v) is 4.51. The van der Waals surface area contributed by atoms with Gasteiger partial charge in [-0.15, -0.1) is 0 Å². The number of nitrogens with two attached hydrogens (primary N) is 1. The predicted octanol–water partition coefficient (Wildman–Crippen LogP) is 0.395. The Hall–Kier alpha value is -0.770. The van der Waals surface area contributed by atoms with Crippen LogP contribution in [0.3, 0.4) is 0 Å². The molecule has 1 fully saturated rings. The Morgan fingerprint density at radius 3 is 3.07 bits per heavy atom. The number of nitrogens with one attached hydrogen (secondary N) is 1. The van der Waals surface area contributed by atoms with Crippen molar-refractivity contribution in [1.82, 2.24) is 10.2 Å². The van der Waals surface area contributed by atoms with Gasteiger partial charge >= 0.3 is 0 Å². The molecule has 1 saturated heterocycles. The van der Waals surface area contributed by atoms with Gasteiger partial charge in [-0.25, -0.2) is 0 Å². The zero-order valence-electron chi connectivity index (χ0n) is 9.58. The molecular formula is C11H22N4. The van der Waals surface area contributed by atoms with Crippen LogP contribution in [0.4, 0.5) is 0 Å². The fourth-order valence-corrected chi connectivity index (χ4v) is 2.58. The van der Waals surface area contributed by atoms with Gasteiger partial charge in [0.05, 0.1) is 6.54 Å². The summed E-state index contributed by atoms with van der Waals surface area (Å²) in [6.45, 7) is 6.04. The van der Waals surface area contributed by atoms with Crippen LogP contribution in [0, 0.1) is 5.92 Å². The number of hydrogen-bond donors (Lipinski definition) is 2. The lowest BCUT2D eigenvalue weighted by molar-refractivity contribution is 0.184. The first kappa shape index (κ1) is 10.7. The van der Waals surface area contributed by atoms with Crippen LogP contribution >= 0.6 is 0 Å². The van der Waals surface area contributed by atoms with Crippen molar-refractivity contribution in [1.29, 1.82) is 0 Å². The maximum Gasteiger partial charge on any atom is 0.194 e. The Kier molecular flexibility index (Phi) is 3.46. The van der Waals surface area contributed by atoms with Crippen molar-refractivity contribution >= 4 is 5.96 Å². The van der Waals surface area contributed by atoms with Gasteiger partial charge in [0.2, 0.25) is 0 Å². The summed E-state index contributed by atoms with van der Waals surface area (Å²) < 4.78 is 0. The largest absolute Gasteiger partial charge is 0.354 e. The van der Waals surface area contributed by atoms with Crippen LogP contribution in [-0.4, -0.2) is 43.1 Å². The number of rotatable bonds is 2. The molecule has 4 nitrogen and oxygen atoms in total. The molecule has 2 heterocycles. The Morgan fingerprint density at radius 2 is 2.47 bits per heavy atom. The van der Waals surface area contributed by atoms with E-state index >= 15 is 0 Å². The molecule has 0 saturated carbocycles. The summed E-state index contributed by atoms with van der Waals surface area (Å²) in [5, 5.41) is 3.34. The Balaban J connectivity index is 1.99. The maximum absolute atomic E-state index is 5.85. The minimum Gasteiger partial charge on any atom is -0.354 e. The van der Waals surface area contributed by atoms with Crippen molar-refractivity contribution in [2.75, 3.05) is 26.2 Å². The van der Waals surface area contributed by atoms with Crippen LogP contribution in [0.15, 0.2) is 4.99 Å². The van der Waals surface area contributed by atoms with Gasteiger partial charge < -0.3 is 16.0 Å². The summed E-state index contributed by atoms with van der Waals surface area (Å²) in [6, 6.07) is 0.494. The van der Waals surface area contributed by atoms with Gasteiger partial charge in [0.25, 0.3) is 0 Å². The molecule has 0 aromatic rings. The number of guanidine groups is 1. The highest BCUT2D eigenvalue weighted by Crippen LogP contribution is 2.25. The smallest absolute Gasteiger partial charge is 0.194 e. The molecule has 2 aliphatic rings. The van der Waals surface area contributed by atoms with Crippen molar-refractivity contribution in [3.63, 3.8) is 0 Å². The van der Waals surface area contributed by atoms with Crippen LogP contribution in [0.2, 0.25) is 0 Å². The molecule has 4 heteroatoms. The maximum atomic E-state index is 5.85. The molecule has 0 aromatic carbocycles. The summed E-state index contributed by atoms with van der Waals surface area (Å²) >= 11 is 0. The first-order valence-electron chi connectivity index (χ1n) is 6.10. The Labute approximate surface area is 91.9 Å². The summed E-state index contributed by atoms with van der Waals surface area (Å²) in [5.41, 5.74) is 5.85. The van der Waals surface area contributed by atoms with Crippen LogP contribution in [0.25, 0.3) is 0 Å². The molecule has 0 aromatic heterocycles. The number of likely N-dealkylation sites (tertiary alicyclic amines) is 1. The van der Waals surface area contributed by atoms with Crippen molar-refractivity contribution < 1.29 is 0 Å². The highest BCUT2D eigenvalue weighted by molar-refractivity contribution is 5.81. The molecule has 0 spiro atoms. The van der Waals surface area contributed by atoms with Gasteiger partial charge in [-0.1, -0.05) is 13.3 Å². The van der Waals surface area contributed by atoms with Crippen molar-refractivity contribution in [3.05, 3.63) is 0 Å². The number of nitrogens with zero attached hydrogens (tertiary/aromatic N) is 2. The summed E-state index contributed by atoms with van der Waals surface area (Å²) in [6.07, 6.45) is 3.80. The van der Waals surface area contributed by atoms with Gasteiger partial charge in [0.1, 0.15) is 0 Å². The lowest BCUT2D eigenvalue weighted by Gasteiger charge is -2.39.